The molecule has 0 aliphatic heterocycles. The molecule has 0 saturated heterocycles. The maximum atomic E-state index is 13.1. The van der Waals surface area contributed by atoms with Crippen molar-refractivity contribution < 1.29 is 15.0 Å². The molecule has 2 N–H and O–H groups in total. The van der Waals surface area contributed by atoms with Crippen molar-refractivity contribution in [3.8, 4) is 0 Å². The first kappa shape index (κ1) is 22.9. The summed E-state index contributed by atoms with van der Waals surface area (Å²) in [5, 5.41) is 20.8. The molecule has 4 nitrogen and oxygen atoms in total. The molecule has 178 valence electrons. The van der Waals surface area contributed by atoms with Crippen molar-refractivity contribution in [1.29, 1.82) is 0 Å². The summed E-state index contributed by atoms with van der Waals surface area (Å²) >= 11 is 0. The van der Waals surface area contributed by atoms with Gasteiger partial charge >= 0.3 is 0 Å². The van der Waals surface area contributed by atoms with E-state index in [1.165, 1.54) is 5.57 Å². The van der Waals surface area contributed by atoms with Crippen molar-refractivity contribution in [2.24, 2.45) is 29.1 Å². The van der Waals surface area contributed by atoms with Gasteiger partial charge in [-0.3, -0.25) is 4.79 Å². The summed E-state index contributed by atoms with van der Waals surface area (Å²) in [4.78, 5) is 15.2. The van der Waals surface area contributed by atoms with Crippen LogP contribution in [-0.4, -0.2) is 42.3 Å². The van der Waals surface area contributed by atoms with Crippen molar-refractivity contribution in [2.45, 2.75) is 63.4 Å². The molecule has 4 aliphatic carbocycles. The molecule has 4 aliphatic rings. The lowest BCUT2D eigenvalue weighted by Crippen LogP contribution is -2.52. The number of aliphatic hydroxyl groups excluding tert-OH is 1. The van der Waals surface area contributed by atoms with Crippen LogP contribution in [-0.2, 0) is 4.79 Å². The predicted molar refractivity (Wildman–Crippen MR) is 132 cm³/mol. The lowest BCUT2D eigenvalue weighted by atomic mass is 9.50. The maximum absolute atomic E-state index is 13.1. The number of nitrogens with zero attached hydrogens (tertiary/aromatic N) is 1. The molecule has 7 atom stereocenters. The maximum Gasteiger partial charge on any atom is 0.163 e. The Labute approximate surface area is 198 Å². The Morgan fingerprint density at radius 1 is 1.09 bits per heavy atom. The third-order valence-electron chi connectivity index (χ3n) is 9.94. The number of allylic oxidation sites excluding steroid dienone is 1. The lowest BCUT2D eigenvalue weighted by molar-refractivity contribution is -0.118. The molecule has 0 aromatic heterocycles. The van der Waals surface area contributed by atoms with Crippen molar-refractivity contribution in [3.05, 3.63) is 53.6 Å². The number of hydrogen-bond donors (Lipinski definition) is 2. The Balaban J connectivity index is 1.39. The van der Waals surface area contributed by atoms with Crippen LogP contribution in [0.2, 0.25) is 0 Å². The molecule has 0 spiro atoms. The van der Waals surface area contributed by atoms with E-state index in [0.717, 1.165) is 56.2 Å². The summed E-state index contributed by atoms with van der Waals surface area (Å²) in [6, 6.07) is 8.52. The first-order chi connectivity index (χ1) is 15.8. The molecule has 3 saturated carbocycles. The SMILES string of the molecule is CN(C)c1ccc(C2C[C@H]3C(=CC2=O)CC[C@@H]2[C@@H]3CC[C@@]3(C)[C@H]2CC[C@@]3(O)/C=C\CO)cc1. The largest absolute Gasteiger partial charge is 0.392 e. The number of carbonyl (C=O) groups excluding carboxylic acids is 1. The quantitative estimate of drug-likeness (QED) is 0.644. The fraction of sp³-hybridized carbons (Fsp3) is 0.621. The summed E-state index contributed by atoms with van der Waals surface area (Å²) in [6.45, 7) is 2.27. The predicted octanol–water partition coefficient (Wildman–Crippen LogP) is 4.87. The summed E-state index contributed by atoms with van der Waals surface area (Å²) < 4.78 is 0. The standard InChI is InChI=1S/C29H39NO3/c1-28-14-11-22-23(26(28)12-15-29(28,33)13-4-16-31)10-7-20-17-27(32)25(18-24(20)22)19-5-8-21(9-6-19)30(2)3/h4-6,8-9,13,17,22-26,31,33H,7,10-12,14-16,18H2,1-3H3/b13-4-/t22-,23+,24-,25?,26-,28-,29-/m0/s1. The van der Waals surface area contributed by atoms with Crippen molar-refractivity contribution in [2.75, 3.05) is 25.6 Å². The second kappa shape index (κ2) is 8.39. The van der Waals surface area contributed by atoms with E-state index in [1.54, 1.807) is 6.08 Å². The van der Waals surface area contributed by atoms with Crippen molar-refractivity contribution in [1.82, 2.24) is 0 Å². The monoisotopic (exact) mass is 449 g/mol. The van der Waals surface area contributed by atoms with Gasteiger partial charge in [0.05, 0.1) is 12.2 Å². The van der Waals surface area contributed by atoms with Crippen LogP contribution in [0.1, 0.15) is 63.4 Å². The Morgan fingerprint density at radius 3 is 2.55 bits per heavy atom. The molecular weight excluding hydrogens is 410 g/mol. The molecule has 1 unspecified atom stereocenters. The molecule has 0 radical (unpaired) electrons. The second-order valence-electron chi connectivity index (χ2n) is 11.5. The van der Waals surface area contributed by atoms with Gasteiger partial charge in [-0.1, -0.05) is 36.8 Å². The van der Waals surface area contributed by atoms with Gasteiger partial charge in [-0.25, -0.2) is 0 Å². The van der Waals surface area contributed by atoms with Gasteiger partial charge in [0.2, 0.25) is 0 Å². The van der Waals surface area contributed by atoms with E-state index in [9.17, 15) is 15.0 Å². The zero-order valence-corrected chi connectivity index (χ0v) is 20.3. The van der Waals surface area contributed by atoms with Crippen LogP contribution in [0, 0.1) is 29.1 Å². The van der Waals surface area contributed by atoms with Gasteiger partial charge < -0.3 is 15.1 Å². The van der Waals surface area contributed by atoms with E-state index >= 15 is 0 Å². The van der Waals surface area contributed by atoms with E-state index in [4.69, 9.17) is 0 Å². The topological polar surface area (TPSA) is 60.8 Å². The summed E-state index contributed by atoms with van der Waals surface area (Å²) in [5.74, 6) is 2.49. The average molecular weight is 450 g/mol. The molecule has 1 aromatic carbocycles. The highest BCUT2D eigenvalue weighted by atomic mass is 16.3. The molecule has 3 fully saturated rings. The van der Waals surface area contributed by atoms with Gasteiger partial charge in [-0.15, -0.1) is 0 Å². The number of rotatable bonds is 4. The zero-order valence-electron chi connectivity index (χ0n) is 20.3. The van der Waals surface area contributed by atoms with Crippen LogP contribution in [0.25, 0.3) is 0 Å². The van der Waals surface area contributed by atoms with Gasteiger partial charge in [0.25, 0.3) is 0 Å². The number of anilines is 1. The van der Waals surface area contributed by atoms with Gasteiger partial charge in [-0.2, -0.15) is 0 Å². The van der Waals surface area contributed by atoms with Gasteiger partial charge in [0.1, 0.15) is 0 Å². The first-order valence-electron chi connectivity index (χ1n) is 12.8. The summed E-state index contributed by atoms with van der Waals surface area (Å²) in [5.41, 5.74) is 2.77. The van der Waals surface area contributed by atoms with Crippen LogP contribution in [0.3, 0.4) is 0 Å². The zero-order chi connectivity index (χ0) is 23.4. The van der Waals surface area contributed by atoms with E-state index in [0.29, 0.717) is 23.7 Å². The molecule has 5 rings (SSSR count). The second-order valence-corrected chi connectivity index (χ2v) is 11.5. The number of fused-ring (bicyclic) bond motifs is 5. The number of carbonyl (C=O) groups is 1. The van der Waals surface area contributed by atoms with Crippen LogP contribution in [0.15, 0.2) is 48.1 Å². The van der Waals surface area contributed by atoms with Crippen LogP contribution in [0.4, 0.5) is 5.69 Å². The average Bonchev–Trinajstić information content (AvgIpc) is 3.08. The number of ketones is 1. The van der Waals surface area contributed by atoms with E-state index in [-0.39, 0.29) is 23.7 Å². The molecule has 0 bridgehead atoms. The highest BCUT2D eigenvalue weighted by molar-refractivity contribution is 5.97. The van der Waals surface area contributed by atoms with E-state index < -0.39 is 5.60 Å². The fourth-order valence-corrected chi connectivity index (χ4v) is 8.06. The number of benzene rings is 1. The summed E-state index contributed by atoms with van der Waals surface area (Å²) in [7, 11) is 4.08. The minimum Gasteiger partial charge on any atom is -0.392 e. The van der Waals surface area contributed by atoms with Crippen LogP contribution < -0.4 is 4.90 Å². The van der Waals surface area contributed by atoms with Gasteiger partial charge in [0, 0.05) is 31.1 Å². The minimum absolute atomic E-state index is 0.0176. The van der Waals surface area contributed by atoms with Gasteiger partial charge in [-0.05, 0) is 92.4 Å². The highest BCUT2D eigenvalue weighted by Crippen LogP contribution is 2.65. The normalized spacial score (nSPS) is 40.2. The Hall–Kier alpha value is -1.91. The molecule has 4 heteroatoms. The Kier molecular flexibility index (Phi) is 5.81. The highest BCUT2D eigenvalue weighted by Gasteiger charge is 2.61. The molecular formula is C29H39NO3. The van der Waals surface area contributed by atoms with Crippen LogP contribution >= 0.6 is 0 Å². The van der Waals surface area contributed by atoms with E-state index in [1.807, 2.05) is 26.2 Å². The lowest BCUT2D eigenvalue weighted by Gasteiger charge is -2.55. The molecule has 0 heterocycles. The Bertz CT molecular complexity index is 964. The Morgan fingerprint density at radius 2 is 1.85 bits per heavy atom. The van der Waals surface area contributed by atoms with Gasteiger partial charge in [0.15, 0.2) is 5.78 Å². The molecule has 0 amide bonds. The van der Waals surface area contributed by atoms with E-state index in [2.05, 4.69) is 36.1 Å². The third kappa shape index (κ3) is 3.61. The third-order valence-corrected chi connectivity index (χ3v) is 9.94. The molecule has 1 aromatic rings. The summed E-state index contributed by atoms with van der Waals surface area (Å²) in [6.07, 6.45) is 12.7. The van der Waals surface area contributed by atoms with Crippen LogP contribution in [0.5, 0.6) is 0 Å². The number of aliphatic hydroxyl groups is 2. The fourth-order valence-electron chi connectivity index (χ4n) is 8.06. The molecule has 33 heavy (non-hydrogen) atoms. The number of hydrogen-bond acceptors (Lipinski definition) is 4. The minimum atomic E-state index is -0.805. The first-order valence-corrected chi connectivity index (χ1v) is 12.8. The van der Waals surface area contributed by atoms with Crippen molar-refractivity contribution in [3.63, 3.8) is 0 Å². The van der Waals surface area contributed by atoms with Crippen molar-refractivity contribution >= 4 is 11.5 Å². The smallest absolute Gasteiger partial charge is 0.163 e.